The van der Waals surface area contributed by atoms with Crippen LogP contribution in [-0.2, 0) is 14.9 Å². The van der Waals surface area contributed by atoms with Crippen molar-refractivity contribution >= 4 is 17.5 Å². The van der Waals surface area contributed by atoms with Crippen LogP contribution >= 0.6 is 11.6 Å². The Bertz CT molecular complexity index is 550. The van der Waals surface area contributed by atoms with Crippen LogP contribution in [0.5, 0.6) is 0 Å². The summed E-state index contributed by atoms with van der Waals surface area (Å²) in [5, 5.41) is 3.95. The van der Waals surface area contributed by atoms with Gasteiger partial charge in [-0.25, -0.2) is 0 Å². The minimum Gasteiger partial charge on any atom is -0.381 e. The maximum atomic E-state index is 13.1. The van der Waals surface area contributed by atoms with E-state index in [0.717, 1.165) is 31.2 Å². The van der Waals surface area contributed by atoms with Crippen LogP contribution in [0.4, 0.5) is 0 Å². The number of carbonyl (C=O) groups excluding carboxylic acids is 1. The first kappa shape index (κ1) is 16.7. The molecule has 23 heavy (non-hydrogen) atoms. The highest BCUT2D eigenvalue weighted by Gasteiger charge is 2.42. The summed E-state index contributed by atoms with van der Waals surface area (Å²) in [6.45, 7) is 1.21. The lowest BCUT2D eigenvalue weighted by Crippen LogP contribution is -2.52. The number of rotatable bonds is 3. The lowest BCUT2D eigenvalue weighted by Gasteiger charge is -2.38. The first-order valence-electron chi connectivity index (χ1n) is 8.50. The monoisotopic (exact) mass is 336 g/mol. The lowest BCUT2D eigenvalue weighted by molar-refractivity contribution is -0.131. The molecular formula is C18H25ClN2O2. The van der Waals surface area contributed by atoms with Gasteiger partial charge >= 0.3 is 0 Å². The number of nitrogens with two attached hydrogens (primary N) is 1. The number of ether oxygens (including phenoxy) is 1. The van der Waals surface area contributed by atoms with Gasteiger partial charge in [0.1, 0.15) is 0 Å². The number of carbonyl (C=O) groups is 1. The van der Waals surface area contributed by atoms with E-state index in [-0.39, 0.29) is 18.0 Å². The molecule has 0 spiro atoms. The van der Waals surface area contributed by atoms with Crippen molar-refractivity contribution in [2.75, 3.05) is 13.2 Å². The maximum absolute atomic E-state index is 13.1. The molecular weight excluding hydrogens is 312 g/mol. The van der Waals surface area contributed by atoms with E-state index >= 15 is 0 Å². The summed E-state index contributed by atoms with van der Waals surface area (Å²) in [4.78, 5) is 13.1. The number of hydrogen-bond donors (Lipinski definition) is 2. The van der Waals surface area contributed by atoms with Gasteiger partial charge in [0, 0.05) is 30.3 Å². The average Bonchev–Trinajstić information content (AvgIpc) is 2.57. The maximum Gasteiger partial charge on any atom is 0.231 e. The van der Waals surface area contributed by atoms with E-state index < -0.39 is 5.41 Å². The second-order valence-corrected chi connectivity index (χ2v) is 7.23. The molecule has 1 aromatic carbocycles. The van der Waals surface area contributed by atoms with Gasteiger partial charge in [0.05, 0.1) is 5.41 Å². The molecule has 3 N–H and O–H groups in total. The van der Waals surface area contributed by atoms with Crippen molar-refractivity contribution < 1.29 is 9.53 Å². The third-order valence-electron chi connectivity index (χ3n) is 5.27. The number of halogens is 1. The van der Waals surface area contributed by atoms with Crippen molar-refractivity contribution in [3.63, 3.8) is 0 Å². The van der Waals surface area contributed by atoms with Gasteiger partial charge < -0.3 is 15.8 Å². The molecule has 0 unspecified atom stereocenters. The smallest absolute Gasteiger partial charge is 0.231 e. The Morgan fingerprint density at radius 2 is 1.91 bits per heavy atom. The molecule has 1 saturated carbocycles. The van der Waals surface area contributed by atoms with E-state index in [2.05, 4.69) is 5.32 Å². The summed E-state index contributed by atoms with van der Waals surface area (Å²) in [5.74, 6) is 0.114. The van der Waals surface area contributed by atoms with Crippen molar-refractivity contribution in [1.82, 2.24) is 5.32 Å². The van der Waals surface area contributed by atoms with Gasteiger partial charge in [-0.1, -0.05) is 23.7 Å². The molecule has 2 fully saturated rings. The summed E-state index contributed by atoms with van der Waals surface area (Å²) in [5.41, 5.74) is 6.43. The van der Waals surface area contributed by atoms with Gasteiger partial charge in [-0.15, -0.1) is 0 Å². The van der Waals surface area contributed by atoms with Gasteiger partial charge in [-0.2, -0.15) is 0 Å². The van der Waals surface area contributed by atoms with Gasteiger partial charge in [0.25, 0.3) is 0 Å². The highest BCUT2D eigenvalue weighted by Crippen LogP contribution is 2.36. The van der Waals surface area contributed by atoms with Gasteiger partial charge in [-0.05, 0) is 56.2 Å². The fourth-order valence-electron chi connectivity index (χ4n) is 3.74. The van der Waals surface area contributed by atoms with Gasteiger partial charge in [0.2, 0.25) is 5.91 Å². The van der Waals surface area contributed by atoms with Crippen LogP contribution in [0.3, 0.4) is 0 Å². The first-order valence-corrected chi connectivity index (χ1v) is 8.88. The summed E-state index contributed by atoms with van der Waals surface area (Å²) < 4.78 is 5.50. The zero-order chi connectivity index (χ0) is 16.3. The van der Waals surface area contributed by atoms with E-state index in [1.807, 2.05) is 24.3 Å². The molecule has 1 amide bonds. The van der Waals surface area contributed by atoms with Crippen LogP contribution in [-0.4, -0.2) is 31.2 Å². The van der Waals surface area contributed by atoms with Gasteiger partial charge in [-0.3, -0.25) is 4.79 Å². The quantitative estimate of drug-likeness (QED) is 0.892. The predicted molar refractivity (Wildman–Crippen MR) is 91.6 cm³/mol. The van der Waals surface area contributed by atoms with Crippen LogP contribution in [0.1, 0.15) is 44.1 Å². The molecule has 1 aliphatic carbocycles. The zero-order valence-electron chi connectivity index (χ0n) is 13.4. The fraction of sp³-hybridized carbons (Fsp3) is 0.611. The van der Waals surface area contributed by atoms with Crippen molar-refractivity contribution in [3.05, 3.63) is 34.9 Å². The minimum absolute atomic E-state index is 0.114. The van der Waals surface area contributed by atoms with E-state index in [0.29, 0.717) is 31.1 Å². The van der Waals surface area contributed by atoms with Crippen LogP contribution in [0.2, 0.25) is 5.02 Å². The first-order chi connectivity index (χ1) is 11.1. The molecule has 3 rings (SSSR count). The molecule has 5 heteroatoms. The number of benzene rings is 1. The normalized spacial score (nSPS) is 27.4. The summed E-state index contributed by atoms with van der Waals surface area (Å²) in [6.07, 6.45) is 5.30. The molecule has 0 atom stereocenters. The Morgan fingerprint density at radius 3 is 2.57 bits per heavy atom. The molecule has 0 bridgehead atoms. The predicted octanol–water partition coefficient (Wildman–Crippen LogP) is 2.77. The largest absolute Gasteiger partial charge is 0.381 e. The van der Waals surface area contributed by atoms with Crippen LogP contribution in [0, 0.1) is 0 Å². The average molecular weight is 337 g/mol. The molecule has 1 heterocycles. The number of amides is 1. The van der Waals surface area contributed by atoms with Crippen LogP contribution in [0.25, 0.3) is 0 Å². The number of nitrogens with one attached hydrogen (secondary N) is 1. The molecule has 0 aromatic heterocycles. The third kappa shape index (κ3) is 3.70. The molecule has 0 radical (unpaired) electrons. The Balaban J connectivity index is 1.79. The summed E-state index contributed by atoms with van der Waals surface area (Å²) >= 11 is 6.16. The molecule has 4 nitrogen and oxygen atoms in total. The summed E-state index contributed by atoms with van der Waals surface area (Å²) in [7, 11) is 0. The molecule has 1 aromatic rings. The third-order valence-corrected chi connectivity index (χ3v) is 5.50. The van der Waals surface area contributed by atoms with E-state index in [4.69, 9.17) is 22.1 Å². The van der Waals surface area contributed by atoms with E-state index in [9.17, 15) is 4.79 Å². The van der Waals surface area contributed by atoms with Gasteiger partial charge in [0.15, 0.2) is 0 Å². The van der Waals surface area contributed by atoms with Crippen molar-refractivity contribution in [3.8, 4) is 0 Å². The molecule has 2 aliphatic rings. The molecule has 126 valence electrons. The van der Waals surface area contributed by atoms with Crippen molar-refractivity contribution in [1.29, 1.82) is 0 Å². The lowest BCUT2D eigenvalue weighted by atomic mass is 9.73. The van der Waals surface area contributed by atoms with Crippen molar-refractivity contribution in [2.45, 2.75) is 56.0 Å². The Morgan fingerprint density at radius 1 is 1.22 bits per heavy atom. The summed E-state index contributed by atoms with van der Waals surface area (Å²) in [6, 6.07) is 8.21. The molecule has 1 saturated heterocycles. The standard InChI is InChI=1S/C18H25ClN2O2/c19-14-3-1-2-13(12-14)18(8-10-23-11-9-18)17(22)21-16-6-4-15(20)5-7-16/h1-3,12,15-16H,4-11,20H2,(H,21,22). The van der Waals surface area contributed by atoms with E-state index in [1.165, 1.54) is 0 Å². The second-order valence-electron chi connectivity index (χ2n) is 6.79. The number of hydrogen-bond acceptors (Lipinski definition) is 3. The minimum atomic E-state index is -0.525. The Hall–Kier alpha value is -1.10. The van der Waals surface area contributed by atoms with Crippen molar-refractivity contribution in [2.24, 2.45) is 5.73 Å². The highest BCUT2D eigenvalue weighted by atomic mass is 35.5. The molecule has 1 aliphatic heterocycles. The zero-order valence-corrected chi connectivity index (χ0v) is 14.1. The SMILES string of the molecule is NC1CCC(NC(=O)C2(c3cccc(Cl)c3)CCOCC2)CC1. The van der Waals surface area contributed by atoms with E-state index in [1.54, 1.807) is 0 Å². The second kappa shape index (κ2) is 7.20. The Labute approximate surface area is 142 Å². The topological polar surface area (TPSA) is 64.3 Å². The fourth-order valence-corrected chi connectivity index (χ4v) is 3.93. The highest BCUT2D eigenvalue weighted by molar-refractivity contribution is 6.30. The van der Waals surface area contributed by atoms with Crippen LogP contribution < -0.4 is 11.1 Å². The van der Waals surface area contributed by atoms with Crippen LogP contribution in [0.15, 0.2) is 24.3 Å². The Kier molecular flexibility index (Phi) is 5.24.